The Kier molecular flexibility index (Phi) is 2.25. The molecule has 0 amide bonds. The van der Waals surface area contributed by atoms with Crippen molar-refractivity contribution in [3.05, 3.63) is 35.2 Å². The monoisotopic (exact) mass is 191 g/mol. The fraction of sp³-hybridized carbons (Fsp3) is 0.364. The molecule has 0 bridgehead atoms. The molecule has 0 fully saturated rings. The van der Waals surface area contributed by atoms with Crippen LogP contribution < -0.4 is 5.32 Å². The van der Waals surface area contributed by atoms with Crippen molar-refractivity contribution in [2.24, 2.45) is 5.92 Å². The summed E-state index contributed by atoms with van der Waals surface area (Å²) in [6.07, 6.45) is 6.13. The molecule has 1 heterocycles. The first-order valence-electron chi connectivity index (χ1n) is 4.74. The molecule has 0 radical (unpaired) electrons. The maximum Gasteiger partial charge on any atom is 0.173 e. The van der Waals surface area contributed by atoms with Crippen LogP contribution in [-0.2, 0) is 4.79 Å². The standard InChI is InChI=1S/C11H13NO2/c1-7-8(5-6-13)11(14)9-3-2-4-10(9)12-7/h2-4,9,12-13H,5-6H2,1H3. The Hall–Kier alpha value is -1.35. The maximum absolute atomic E-state index is 11.9. The lowest BCUT2D eigenvalue weighted by Crippen LogP contribution is -2.31. The molecule has 2 rings (SSSR count). The summed E-state index contributed by atoms with van der Waals surface area (Å²) in [6.45, 7) is 1.90. The molecule has 0 saturated heterocycles. The van der Waals surface area contributed by atoms with Crippen LogP contribution >= 0.6 is 0 Å². The van der Waals surface area contributed by atoms with Crippen molar-refractivity contribution in [3.63, 3.8) is 0 Å². The number of nitrogens with one attached hydrogen (secondary N) is 1. The minimum Gasteiger partial charge on any atom is -0.396 e. The van der Waals surface area contributed by atoms with Gasteiger partial charge in [0, 0.05) is 30.0 Å². The summed E-state index contributed by atoms with van der Waals surface area (Å²) in [4.78, 5) is 11.9. The average molecular weight is 191 g/mol. The van der Waals surface area contributed by atoms with E-state index in [2.05, 4.69) is 5.32 Å². The van der Waals surface area contributed by atoms with Crippen LogP contribution in [0.1, 0.15) is 13.3 Å². The largest absolute Gasteiger partial charge is 0.396 e. The number of aliphatic hydroxyl groups excluding tert-OH is 1. The first-order valence-corrected chi connectivity index (χ1v) is 4.74. The molecule has 0 aromatic heterocycles. The highest BCUT2D eigenvalue weighted by atomic mass is 16.3. The van der Waals surface area contributed by atoms with Crippen molar-refractivity contribution in [1.82, 2.24) is 5.32 Å². The van der Waals surface area contributed by atoms with E-state index in [1.807, 2.05) is 25.2 Å². The number of aliphatic hydroxyl groups is 1. The summed E-state index contributed by atoms with van der Waals surface area (Å²) >= 11 is 0. The highest BCUT2D eigenvalue weighted by molar-refractivity contribution is 6.02. The molecular weight excluding hydrogens is 178 g/mol. The normalized spacial score (nSPS) is 24.9. The number of allylic oxidation sites excluding steroid dienone is 4. The van der Waals surface area contributed by atoms with Crippen LogP contribution in [0.2, 0.25) is 0 Å². The lowest BCUT2D eigenvalue weighted by Gasteiger charge is -2.24. The van der Waals surface area contributed by atoms with E-state index < -0.39 is 0 Å². The minimum atomic E-state index is -0.139. The highest BCUT2D eigenvalue weighted by Gasteiger charge is 2.30. The summed E-state index contributed by atoms with van der Waals surface area (Å²) in [5, 5.41) is 12.0. The van der Waals surface area contributed by atoms with Gasteiger partial charge in [0.2, 0.25) is 0 Å². The Morgan fingerprint density at radius 3 is 3.07 bits per heavy atom. The van der Waals surface area contributed by atoms with Crippen molar-refractivity contribution < 1.29 is 9.90 Å². The topological polar surface area (TPSA) is 49.3 Å². The van der Waals surface area contributed by atoms with E-state index in [1.165, 1.54) is 0 Å². The molecule has 0 saturated carbocycles. The fourth-order valence-electron chi connectivity index (χ4n) is 1.91. The Labute approximate surface area is 82.8 Å². The zero-order valence-electron chi connectivity index (χ0n) is 8.08. The van der Waals surface area contributed by atoms with Gasteiger partial charge in [-0.1, -0.05) is 12.2 Å². The third kappa shape index (κ3) is 1.30. The molecule has 2 N–H and O–H groups in total. The van der Waals surface area contributed by atoms with Gasteiger partial charge in [-0.15, -0.1) is 0 Å². The van der Waals surface area contributed by atoms with E-state index >= 15 is 0 Å². The van der Waals surface area contributed by atoms with Gasteiger partial charge in [0.15, 0.2) is 5.78 Å². The van der Waals surface area contributed by atoms with E-state index in [0.717, 1.165) is 17.0 Å². The molecule has 14 heavy (non-hydrogen) atoms. The molecule has 0 spiro atoms. The molecule has 1 unspecified atom stereocenters. The summed E-state index contributed by atoms with van der Waals surface area (Å²) in [5.74, 6) is -0.0180. The van der Waals surface area contributed by atoms with Gasteiger partial charge in [-0.25, -0.2) is 0 Å². The molecular formula is C11H13NO2. The smallest absolute Gasteiger partial charge is 0.173 e. The first kappa shape index (κ1) is 9.21. The molecule has 1 atom stereocenters. The zero-order chi connectivity index (χ0) is 10.1. The number of carbonyl (C=O) groups is 1. The number of ketones is 1. The average Bonchev–Trinajstić information content (AvgIpc) is 2.60. The van der Waals surface area contributed by atoms with Gasteiger partial charge in [-0.3, -0.25) is 4.79 Å². The van der Waals surface area contributed by atoms with E-state index in [0.29, 0.717) is 6.42 Å². The van der Waals surface area contributed by atoms with Gasteiger partial charge in [0.25, 0.3) is 0 Å². The molecule has 1 aliphatic heterocycles. The van der Waals surface area contributed by atoms with Gasteiger partial charge in [0.1, 0.15) is 0 Å². The van der Waals surface area contributed by atoms with E-state index in [1.54, 1.807) is 0 Å². The minimum absolute atomic E-state index is 0.0234. The second kappa shape index (κ2) is 3.42. The summed E-state index contributed by atoms with van der Waals surface area (Å²) in [5.41, 5.74) is 2.55. The van der Waals surface area contributed by atoms with Gasteiger partial charge in [-0.2, -0.15) is 0 Å². The van der Waals surface area contributed by atoms with E-state index in [-0.39, 0.29) is 18.3 Å². The van der Waals surface area contributed by atoms with Crippen LogP contribution in [0.3, 0.4) is 0 Å². The van der Waals surface area contributed by atoms with Crippen LogP contribution in [0, 0.1) is 5.92 Å². The number of Topliss-reactive ketones (excluding diaryl/α,β-unsaturated/α-hetero) is 1. The second-order valence-corrected chi connectivity index (χ2v) is 3.55. The third-order valence-corrected chi connectivity index (χ3v) is 2.64. The number of carbonyl (C=O) groups excluding carboxylic acids is 1. The Morgan fingerprint density at radius 1 is 1.57 bits per heavy atom. The van der Waals surface area contributed by atoms with Crippen LogP contribution in [0.4, 0.5) is 0 Å². The molecule has 0 aromatic carbocycles. The Morgan fingerprint density at radius 2 is 2.36 bits per heavy atom. The number of fused-ring (bicyclic) bond motifs is 1. The van der Waals surface area contributed by atoms with Crippen molar-refractivity contribution in [1.29, 1.82) is 0 Å². The lowest BCUT2D eigenvalue weighted by molar-refractivity contribution is -0.117. The van der Waals surface area contributed by atoms with Crippen LogP contribution in [0.5, 0.6) is 0 Å². The Balaban J connectivity index is 2.32. The quantitative estimate of drug-likeness (QED) is 0.681. The van der Waals surface area contributed by atoms with Gasteiger partial charge in [-0.05, 0) is 13.0 Å². The maximum atomic E-state index is 11.9. The molecule has 3 nitrogen and oxygen atoms in total. The zero-order valence-corrected chi connectivity index (χ0v) is 8.08. The van der Waals surface area contributed by atoms with E-state index in [4.69, 9.17) is 5.11 Å². The first-order chi connectivity index (χ1) is 6.74. The lowest BCUT2D eigenvalue weighted by atomic mass is 9.90. The highest BCUT2D eigenvalue weighted by Crippen LogP contribution is 2.28. The summed E-state index contributed by atoms with van der Waals surface area (Å²) < 4.78 is 0. The fourth-order valence-corrected chi connectivity index (χ4v) is 1.91. The third-order valence-electron chi connectivity index (χ3n) is 2.64. The van der Waals surface area contributed by atoms with Crippen molar-refractivity contribution in [2.75, 3.05) is 6.61 Å². The molecule has 3 heteroatoms. The van der Waals surface area contributed by atoms with Crippen LogP contribution in [0.25, 0.3) is 0 Å². The van der Waals surface area contributed by atoms with Gasteiger partial charge in [0.05, 0.1) is 5.92 Å². The van der Waals surface area contributed by atoms with Crippen LogP contribution in [0.15, 0.2) is 35.2 Å². The summed E-state index contributed by atoms with van der Waals surface area (Å²) in [7, 11) is 0. The molecule has 2 aliphatic rings. The summed E-state index contributed by atoms with van der Waals surface area (Å²) in [6, 6.07) is 0. The van der Waals surface area contributed by atoms with Crippen molar-refractivity contribution >= 4 is 5.78 Å². The molecule has 74 valence electrons. The van der Waals surface area contributed by atoms with E-state index in [9.17, 15) is 4.79 Å². The van der Waals surface area contributed by atoms with Crippen molar-refractivity contribution in [3.8, 4) is 0 Å². The predicted molar refractivity (Wildman–Crippen MR) is 53.3 cm³/mol. The van der Waals surface area contributed by atoms with Crippen molar-refractivity contribution in [2.45, 2.75) is 13.3 Å². The Bertz CT molecular complexity index is 363. The number of hydrogen-bond donors (Lipinski definition) is 2. The predicted octanol–water partition coefficient (Wildman–Crippen LogP) is 0.885. The SMILES string of the molecule is CC1=C(CCO)C(=O)C2C=CC=C2N1. The molecule has 1 aliphatic carbocycles. The molecule has 0 aromatic rings. The number of rotatable bonds is 2. The van der Waals surface area contributed by atoms with Gasteiger partial charge < -0.3 is 10.4 Å². The number of hydrogen-bond acceptors (Lipinski definition) is 3. The second-order valence-electron chi connectivity index (χ2n) is 3.55. The van der Waals surface area contributed by atoms with Crippen LogP contribution in [-0.4, -0.2) is 17.5 Å². The van der Waals surface area contributed by atoms with Gasteiger partial charge >= 0.3 is 0 Å².